The van der Waals surface area contributed by atoms with Gasteiger partial charge in [0.05, 0.1) is 31.4 Å². The monoisotopic (exact) mass is 515 g/mol. The van der Waals surface area contributed by atoms with Gasteiger partial charge in [-0.1, -0.05) is 24.3 Å². The van der Waals surface area contributed by atoms with Crippen LogP contribution in [0.3, 0.4) is 0 Å². The molecule has 4 rings (SSSR count). The summed E-state index contributed by atoms with van der Waals surface area (Å²) in [7, 11) is 1.59. The number of hydrogen-bond donors (Lipinski definition) is 1. The molecular weight excluding hydrogens is 482 g/mol. The number of amides is 1. The maximum absolute atomic E-state index is 13.4. The van der Waals surface area contributed by atoms with Gasteiger partial charge in [-0.15, -0.1) is 0 Å². The van der Waals surface area contributed by atoms with Crippen LogP contribution in [0.25, 0.3) is 5.76 Å². The van der Waals surface area contributed by atoms with E-state index in [0.717, 1.165) is 11.1 Å². The van der Waals surface area contributed by atoms with Gasteiger partial charge in [0.2, 0.25) is 0 Å². The molecule has 1 heterocycles. The Hall–Kier alpha value is -4.26. The second kappa shape index (κ2) is 11.4. The summed E-state index contributed by atoms with van der Waals surface area (Å²) in [6.45, 7) is 8.36. The first kappa shape index (κ1) is 26.8. The number of aliphatic hydroxyl groups is 1. The Morgan fingerprint density at radius 3 is 2.21 bits per heavy atom. The first-order valence-corrected chi connectivity index (χ1v) is 12.6. The molecule has 198 valence electrons. The molecule has 7 nitrogen and oxygen atoms in total. The molecule has 1 unspecified atom stereocenters. The van der Waals surface area contributed by atoms with Crippen LogP contribution in [0.15, 0.2) is 72.3 Å². The molecule has 7 heteroatoms. The first-order chi connectivity index (χ1) is 18.2. The van der Waals surface area contributed by atoms with E-state index in [0.29, 0.717) is 35.0 Å². The molecular formula is C31H33NO6. The zero-order valence-electron chi connectivity index (χ0n) is 22.4. The van der Waals surface area contributed by atoms with Crippen molar-refractivity contribution in [2.24, 2.45) is 0 Å². The highest BCUT2D eigenvalue weighted by molar-refractivity contribution is 6.46. The fourth-order valence-electron chi connectivity index (χ4n) is 4.57. The lowest BCUT2D eigenvalue weighted by Gasteiger charge is -2.26. The molecule has 1 saturated heterocycles. The van der Waals surface area contributed by atoms with Crippen LogP contribution in [0, 0.1) is 6.92 Å². The third kappa shape index (κ3) is 5.52. The molecule has 0 aliphatic carbocycles. The molecule has 1 atom stereocenters. The van der Waals surface area contributed by atoms with Crippen LogP contribution < -0.4 is 14.2 Å². The highest BCUT2D eigenvalue weighted by atomic mass is 16.5. The minimum Gasteiger partial charge on any atom is -0.507 e. The van der Waals surface area contributed by atoms with E-state index in [1.807, 2.05) is 52.0 Å². The van der Waals surface area contributed by atoms with Crippen molar-refractivity contribution in [1.29, 1.82) is 0 Å². The number of rotatable bonds is 9. The lowest BCUT2D eigenvalue weighted by Crippen LogP contribution is -2.29. The first-order valence-electron chi connectivity index (χ1n) is 12.6. The number of methoxy groups -OCH3 is 1. The van der Waals surface area contributed by atoms with Crippen LogP contribution in [0.4, 0.5) is 0 Å². The average molecular weight is 516 g/mol. The number of ketones is 1. The lowest BCUT2D eigenvalue weighted by molar-refractivity contribution is -0.140. The summed E-state index contributed by atoms with van der Waals surface area (Å²) >= 11 is 0. The predicted octanol–water partition coefficient (Wildman–Crippen LogP) is 5.81. The van der Waals surface area contributed by atoms with Gasteiger partial charge in [-0.25, -0.2) is 0 Å². The highest BCUT2D eigenvalue weighted by Crippen LogP contribution is 2.41. The number of likely N-dealkylation sites (tertiary alicyclic amines) is 1. The second-order valence-electron chi connectivity index (χ2n) is 9.42. The fourth-order valence-corrected chi connectivity index (χ4v) is 4.57. The van der Waals surface area contributed by atoms with Crippen molar-refractivity contribution in [3.8, 4) is 17.2 Å². The zero-order chi connectivity index (χ0) is 27.4. The van der Waals surface area contributed by atoms with E-state index in [1.165, 1.54) is 4.90 Å². The maximum Gasteiger partial charge on any atom is 0.295 e. The van der Waals surface area contributed by atoms with Crippen molar-refractivity contribution < 1.29 is 28.9 Å². The van der Waals surface area contributed by atoms with E-state index in [1.54, 1.807) is 49.6 Å². The van der Waals surface area contributed by atoms with Gasteiger partial charge in [0, 0.05) is 12.1 Å². The topological polar surface area (TPSA) is 85.3 Å². The number of nitrogens with zero attached hydrogens (tertiary/aromatic N) is 1. The van der Waals surface area contributed by atoms with Gasteiger partial charge in [0.25, 0.3) is 11.7 Å². The molecule has 38 heavy (non-hydrogen) atoms. The zero-order valence-corrected chi connectivity index (χ0v) is 22.4. The third-order valence-electron chi connectivity index (χ3n) is 6.37. The van der Waals surface area contributed by atoms with Crippen LogP contribution in [-0.4, -0.2) is 41.5 Å². The van der Waals surface area contributed by atoms with Crippen molar-refractivity contribution in [3.63, 3.8) is 0 Å². The number of aryl methyl sites for hydroxylation is 1. The summed E-state index contributed by atoms with van der Waals surface area (Å²) in [6, 6.07) is 19.0. The second-order valence-corrected chi connectivity index (χ2v) is 9.42. The molecule has 3 aromatic carbocycles. The minimum atomic E-state index is -0.778. The van der Waals surface area contributed by atoms with Crippen LogP contribution in [-0.2, 0) is 16.1 Å². The van der Waals surface area contributed by atoms with Crippen molar-refractivity contribution >= 4 is 17.4 Å². The van der Waals surface area contributed by atoms with Gasteiger partial charge in [0.1, 0.15) is 23.0 Å². The highest BCUT2D eigenvalue weighted by Gasteiger charge is 2.46. The van der Waals surface area contributed by atoms with Gasteiger partial charge >= 0.3 is 0 Å². The van der Waals surface area contributed by atoms with Crippen LogP contribution in [0.5, 0.6) is 17.2 Å². The Kier molecular flexibility index (Phi) is 8.05. The Balaban J connectivity index is 1.80. The fraction of sp³-hybridized carbons (Fsp3) is 0.290. The maximum atomic E-state index is 13.4. The summed E-state index contributed by atoms with van der Waals surface area (Å²) in [5, 5.41) is 11.4. The van der Waals surface area contributed by atoms with E-state index in [-0.39, 0.29) is 24.0 Å². The molecule has 0 spiro atoms. The van der Waals surface area contributed by atoms with Gasteiger partial charge < -0.3 is 24.2 Å². The smallest absolute Gasteiger partial charge is 0.295 e. The summed E-state index contributed by atoms with van der Waals surface area (Å²) in [6.07, 6.45) is -0.00362. The minimum absolute atomic E-state index is 0.00362. The molecule has 1 fully saturated rings. The van der Waals surface area contributed by atoms with E-state index in [4.69, 9.17) is 14.2 Å². The molecule has 1 N–H and O–H groups in total. The van der Waals surface area contributed by atoms with Gasteiger partial charge in [-0.3, -0.25) is 9.59 Å². The van der Waals surface area contributed by atoms with Crippen molar-refractivity contribution in [3.05, 3.63) is 94.6 Å². The predicted molar refractivity (Wildman–Crippen MR) is 145 cm³/mol. The molecule has 0 bridgehead atoms. The van der Waals surface area contributed by atoms with Crippen LogP contribution in [0.2, 0.25) is 0 Å². The van der Waals surface area contributed by atoms with Crippen molar-refractivity contribution in [1.82, 2.24) is 4.90 Å². The number of aliphatic hydroxyl groups excluding tert-OH is 1. The van der Waals surface area contributed by atoms with Crippen molar-refractivity contribution in [2.45, 2.75) is 46.4 Å². The largest absolute Gasteiger partial charge is 0.507 e. The van der Waals surface area contributed by atoms with E-state index in [2.05, 4.69) is 0 Å². The molecule has 0 saturated carbocycles. The third-order valence-corrected chi connectivity index (χ3v) is 6.37. The molecule has 3 aromatic rings. The Morgan fingerprint density at radius 2 is 1.63 bits per heavy atom. The molecule has 1 aliphatic heterocycles. The summed E-state index contributed by atoms with van der Waals surface area (Å²) in [4.78, 5) is 28.2. The van der Waals surface area contributed by atoms with Gasteiger partial charge in [-0.05, 0) is 86.8 Å². The summed E-state index contributed by atoms with van der Waals surface area (Å²) in [5.41, 5.74) is 2.82. The molecule has 1 aliphatic rings. The normalized spacial score (nSPS) is 16.7. The quantitative estimate of drug-likeness (QED) is 0.220. The van der Waals surface area contributed by atoms with E-state index in [9.17, 15) is 14.7 Å². The van der Waals surface area contributed by atoms with Crippen molar-refractivity contribution in [2.75, 3.05) is 13.7 Å². The van der Waals surface area contributed by atoms with E-state index < -0.39 is 17.7 Å². The SMILES string of the molecule is CCOc1ccc(C2/C(=C(/O)c3ccc(OC(C)C)c(C)c3)C(=O)C(=O)N2Cc2ccc(OC)cc2)cc1. The number of hydrogen-bond acceptors (Lipinski definition) is 6. The molecule has 0 radical (unpaired) electrons. The Labute approximate surface area is 223 Å². The Bertz CT molecular complexity index is 1340. The standard InChI is InChI=1S/C31H33NO6/c1-6-37-25-14-9-22(10-15-25)28-27(29(33)23-11-16-26(20(4)17-23)38-19(2)3)30(34)31(35)32(28)18-21-7-12-24(36-5)13-8-21/h7-17,19,28,33H,6,18H2,1-5H3/b29-27-. The summed E-state index contributed by atoms with van der Waals surface area (Å²) in [5.74, 6) is 0.449. The Morgan fingerprint density at radius 1 is 0.974 bits per heavy atom. The van der Waals surface area contributed by atoms with Crippen LogP contribution >= 0.6 is 0 Å². The summed E-state index contributed by atoms with van der Waals surface area (Å²) < 4.78 is 16.6. The van der Waals surface area contributed by atoms with Gasteiger partial charge in [0.15, 0.2) is 0 Å². The molecule has 1 amide bonds. The average Bonchev–Trinajstić information content (AvgIpc) is 3.15. The number of ether oxygens (including phenoxy) is 3. The number of carbonyl (C=O) groups excluding carboxylic acids is 2. The number of benzene rings is 3. The van der Waals surface area contributed by atoms with Crippen LogP contribution in [0.1, 0.15) is 49.1 Å². The number of Topliss-reactive ketones (excluding diaryl/α,β-unsaturated/α-hetero) is 1. The van der Waals surface area contributed by atoms with Gasteiger partial charge in [-0.2, -0.15) is 0 Å². The lowest BCUT2D eigenvalue weighted by atomic mass is 9.94. The van der Waals surface area contributed by atoms with E-state index >= 15 is 0 Å². The molecule has 0 aromatic heterocycles. The number of carbonyl (C=O) groups is 2.